The van der Waals surface area contributed by atoms with Gasteiger partial charge in [0.2, 0.25) is 0 Å². The maximum absolute atomic E-state index is 14.2. The first-order chi connectivity index (χ1) is 15.8. The molecule has 1 aliphatic heterocycles. The molecule has 172 valence electrons. The van der Waals surface area contributed by atoms with Crippen LogP contribution in [0.3, 0.4) is 0 Å². The maximum Gasteiger partial charge on any atom is 0.156 e. The van der Waals surface area contributed by atoms with Gasteiger partial charge in [-0.1, -0.05) is 38.6 Å². The second kappa shape index (κ2) is 9.10. The van der Waals surface area contributed by atoms with E-state index in [-0.39, 0.29) is 11.5 Å². The van der Waals surface area contributed by atoms with E-state index in [9.17, 15) is 4.39 Å². The number of nitrogen functional groups attached to an aromatic ring is 1. The minimum absolute atomic E-state index is 0.232. The van der Waals surface area contributed by atoms with Crippen molar-refractivity contribution < 1.29 is 4.39 Å². The predicted molar refractivity (Wildman–Crippen MR) is 132 cm³/mol. The minimum Gasteiger partial charge on any atom is -0.398 e. The summed E-state index contributed by atoms with van der Waals surface area (Å²) in [7, 11) is 0. The smallest absolute Gasteiger partial charge is 0.156 e. The molecule has 0 amide bonds. The maximum atomic E-state index is 14.2. The molecule has 2 aromatic carbocycles. The van der Waals surface area contributed by atoms with Crippen LogP contribution in [-0.2, 0) is 19.5 Å². The highest BCUT2D eigenvalue weighted by Crippen LogP contribution is 2.31. The molecule has 33 heavy (non-hydrogen) atoms. The number of halogens is 1. The quantitative estimate of drug-likeness (QED) is 0.293. The Hall–Kier alpha value is -3.61. The molecule has 0 unspecified atom stereocenters. The fraction of sp³-hybridized carbons (Fsp3) is 0.308. The van der Waals surface area contributed by atoms with Crippen molar-refractivity contribution in [3.05, 3.63) is 82.5 Å². The number of aryl methyl sites for hydroxylation is 2. The molecule has 1 aromatic heterocycles. The molecule has 0 atom stereocenters. The average molecular weight is 447 g/mol. The van der Waals surface area contributed by atoms with Crippen LogP contribution in [0.4, 0.5) is 10.1 Å². The number of aromatic nitrogens is 2. The summed E-state index contributed by atoms with van der Waals surface area (Å²) in [5.74, 6) is 1.16. The Bertz CT molecular complexity index is 1200. The van der Waals surface area contributed by atoms with Gasteiger partial charge in [-0.2, -0.15) is 0 Å². The number of nitrogens with one attached hydrogen (secondary N) is 3. The van der Waals surface area contributed by atoms with Crippen LogP contribution in [-0.4, -0.2) is 27.1 Å². The van der Waals surface area contributed by atoms with E-state index in [1.165, 1.54) is 0 Å². The molecule has 0 spiro atoms. The number of rotatable bonds is 8. The van der Waals surface area contributed by atoms with Gasteiger partial charge in [0.25, 0.3) is 0 Å². The Labute approximate surface area is 194 Å². The van der Waals surface area contributed by atoms with Gasteiger partial charge in [0.1, 0.15) is 11.5 Å². The van der Waals surface area contributed by atoms with Crippen molar-refractivity contribution in [3.63, 3.8) is 0 Å². The van der Waals surface area contributed by atoms with E-state index in [1.54, 1.807) is 13.0 Å². The zero-order chi connectivity index (χ0) is 23.7. The molecule has 7 heteroatoms. The highest BCUT2D eigenvalue weighted by Gasteiger charge is 2.25. The summed E-state index contributed by atoms with van der Waals surface area (Å²) in [6.07, 6.45) is 1.83. The molecular formula is C26H31FN6. The van der Waals surface area contributed by atoms with Gasteiger partial charge < -0.3 is 20.9 Å². The first-order valence-corrected chi connectivity index (χ1v) is 11.4. The molecule has 0 aliphatic carbocycles. The number of anilines is 1. The monoisotopic (exact) mass is 446 g/mol. The summed E-state index contributed by atoms with van der Waals surface area (Å²) in [5.41, 5.74) is 13.0. The lowest BCUT2D eigenvalue weighted by atomic mass is 9.94. The predicted octanol–water partition coefficient (Wildman–Crippen LogP) is 4.87. The van der Waals surface area contributed by atoms with Gasteiger partial charge in [-0.3, -0.25) is 5.41 Å². The van der Waals surface area contributed by atoms with Crippen molar-refractivity contribution in [1.82, 2.24) is 20.2 Å². The van der Waals surface area contributed by atoms with Crippen LogP contribution < -0.4 is 11.1 Å². The van der Waals surface area contributed by atoms with E-state index in [4.69, 9.17) is 11.1 Å². The number of nitrogens with two attached hydrogens (primary N) is 1. The standard InChI is InChI=1S/C26H31FN6/c1-5-9-30-16(4)33-13-23-24(14-33)32-26(31-23)25(29)19-8-7-18(11-22(19)28)20-12-21(27)15(3)10-17(20)6-2/h7-8,10-12,29-30H,4-6,9,13-14,28H2,1-3H3,(H,31,32). The number of hydrogen-bond acceptors (Lipinski definition) is 5. The Morgan fingerprint density at radius 3 is 2.73 bits per heavy atom. The van der Waals surface area contributed by atoms with Gasteiger partial charge in [0, 0.05) is 17.8 Å². The summed E-state index contributed by atoms with van der Waals surface area (Å²) >= 11 is 0. The molecule has 0 bridgehead atoms. The van der Waals surface area contributed by atoms with Crippen molar-refractivity contribution in [3.8, 4) is 11.1 Å². The first-order valence-electron chi connectivity index (χ1n) is 11.4. The highest BCUT2D eigenvalue weighted by molar-refractivity contribution is 6.12. The van der Waals surface area contributed by atoms with Crippen LogP contribution in [0.2, 0.25) is 0 Å². The Morgan fingerprint density at radius 2 is 2.06 bits per heavy atom. The van der Waals surface area contributed by atoms with E-state index in [2.05, 4.69) is 40.6 Å². The van der Waals surface area contributed by atoms with Gasteiger partial charge in [-0.05, 0) is 54.2 Å². The largest absolute Gasteiger partial charge is 0.398 e. The molecule has 5 N–H and O–H groups in total. The lowest BCUT2D eigenvalue weighted by Crippen LogP contribution is -2.27. The summed E-state index contributed by atoms with van der Waals surface area (Å²) in [4.78, 5) is 10.1. The molecule has 1 aliphatic rings. The van der Waals surface area contributed by atoms with Crippen LogP contribution in [0, 0.1) is 18.2 Å². The molecule has 6 nitrogen and oxygen atoms in total. The van der Waals surface area contributed by atoms with E-state index < -0.39 is 0 Å². The minimum atomic E-state index is -0.232. The van der Waals surface area contributed by atoms with Crippen molar-refractivity contribution in [2.45, 2.75) is 46.7 Å². The zero-order valence-electron chi connectivity index (χ0n) is 19.5. The van der Waals surface area contributed by atoms with Crippen LogP contribution in [0.15, 0.2) is 42.7 Å². The fourth-order valence-electron chi connectivity index (χ4n) is 4.21. The Kier molecular flexibility index (Phi) is 6.22. The van der Waals surface area contributed by atoms with Crippen LogP contribution in [0.1, 0.15) is 54.2 Å². The topological polar surface area (TPSA) is 93.8 Å². The summed E-state index contributed by atoms with van der Waals surface area (Å²) in [6, 6.07) is 8.98. The van der Waals surface area contributed by atoms with E-state index in [1.807, 2.05) is 24.3 Å². The molecule has 4 rings (SSSR count). The zero-order valence-corrected chi connectivity index (χ0v) is 19.5. The van der Waals surface area contributed by atoms with Gasteiger partial charge in [-0.15, -0.1) is 0 Å². The third-order valence-corrected chi connectivity index (χ3v) is 6.15. The summed E-state index contributed by atoms with van der Waals surface area (Å²) in [5, 5.41) is 12.0. The second-order valence-corrected chi connectivity index (χ2v) is 8.53. The van der Waals surface area contributed by atoms with Gasteiger partial charge in [0.15, 0.2) is 5.82 Å². The molecular weight excluding hydrogens is 415 g/mol. The van der Waals surface area contributed by atoms with E-state index >= 15 is 0 Å². The number of aromatic amines is 1. The molecule has 2 heterocycles. The summed E-state index contributed by atoms with van der Waals surface area (Å²) in [6.45, 7) is 12.3. The Balaban J connectivity index is 1.55. The Morgan fingerprint density at radius 1 is 1.27 bits per heavy atom. The van der Waals surface area contributed by atoms with Gasteiger partial charge in [-0.25, -0.2) is 9.37 Å². The van der Waals surface area contributed by atoms with E-state index in [0.717, 1.165) is 53.3 Å². The number of H-pyrrole nitrogens is 1. The lowest BCUT2D eigenvalue weighted by molar-refractivity contribution is 0.330. The molecule has 0 saturated carbocycles. The molecule has 0 radical (unpaired) electrons. The SMILES string of the molecule is C=C(NCCC)N1Cc2nc(C(=N)c3ccc(-c4cc(F)c(C)cc4CC)cc3N)[nH]c2C1. The second-order valence-electron chi connectivity index (χ2n) is 8.53. The average Bonchev–Trinajstić information content (AvgIpc) is 3.38. The van der Waals surface area contributed by atoms with Crippen molar-refractivity contribution in [2.75, 3.05) is 12.3 Å². The van der Waals surface area contributed by atoms with Crippen LogP contribution >= 0.6 is 0 Å². The number of nitrogens with zero attached hydrogens (tertiary/aromatic N) is 2. The fourth-order valence-corrected chi connectivity index (χ4v) is 4.21. The molecule has 0 fully saturated rings. The van der Waals surface area contributed by atoms with Crippen LogP contribution in [0.5, 0.6) is 0 Å². The lowest BCUT2D eigenvalue weighted by Gasteiger charge is -2.21. The van der Waals surface area contributed by atoms with Crippen molar-refractivity contribution in [2.24, 2.45) is 0 Å². The number of fused-ring (bicyclic) bond motifs is 1. The normalized spacial score (nSPS) is 12.7. The molecule has 3 aromatic rings. The number of hydrogen-bond donors (Lipinski definition) is 4. The summed E-state index contributed by atoms with van der Waals surface area (Å²) < 4.78 is 14.2. The van der Waals surface area contributed by atoms with Crippen molar-refractivity contribution >= 4 is 11.4 Å². The van der Waals surface area contributed by atoms with E-state index in [0.29, 0.717) is 35.7 Å². The third kappa shape index (κ3) is 4.35. The van der Waals surface area contributed by atoms with Gasteiger partial charge in [0.05, 0.1) is 30.3 Å². The first kappa shape index (κ1) is 22.6. The van der Waals surface area contributed by atoms with Gasteiger partial charge >= 0.3 is 0 Å². The molecule has 0 saturated heterocycles. The third-order valence-electron chi connectivity index (χ3n) is 6.15. The highest BCUT2D eigenvalue weighted by atomic mass is 19.1. The number of imidazole rings is 1. The van der Waals surface area contributed by atoms with Crippen LogP contribution in [0.25, 0.3) is 11.1 Å². The number of benzene rings is 2. The van der Waals surface area contributed by atoms with Crippen molar-refractivity contribution in [1.29, 1.82) is 5.41 Å².